The fourth-order valence-electron chi connectivity index (χ4n) is 1.90. The number of benzene rings is 1. The second kappa shape index (κ2) is 3.00. The van der Waals surface area contributed by atoms with Crippen LogP contribution in [0.1, 0.15) is 23.6 Å². The molecular formula is C10H12FNO. The summed E-state index contributed by atoms with van der Waals surface area (Å²) in [6.45, 7) is 0. The van der Waals surface area contributed by atoms with Crippen molar-refractivity contribution in [2.24, 2.45) is 5.73 Å². The summed E-state index contributed by atoms with van der Waals surface area (Å²) in [4.78, 5) is 0. The summed E-state index contributed by atoms with van der Waals surface area (Å²) in [5.74, 6) is 0.0702. The van der Waals surface area contributed by atoms with Gasteiger partial charge in [0.15, 0.2) is 11.6 Å². The van der Waals surface area contributed by atoms with Crippen LogP contribution in [0.3, 0.4) is 0 Å². The van der Waals surface area contributed by atoms with Gasteiger partial charge in [0, 0.05) is 11.6 Å². The predicted octanol–water partition coefficient (Wildman–Crippen LogP) is 1.78. The number of hydrogen-bond acceptors (Lipinski definition) is 2. The van der Waals surface area contributed by atoms with Crippen molar-refractivity contribution in [3.63, 3.8) is 0 Å². The first-order valence-electron chi connectivity index (χ1n) is 4.35. The van der Waals surface area contributed by atoms with E-state index in [1.54, 1.807) is 6.07 Å². The van der Waals surface area contributed by atoms with Crippen LogP contribution in [0.15, 0.2) is 12.1 Å². The maximum atomic E-state index is 13.2. The van der Waals surface area contributed by atoms with Gasteiger partial charge < -0.3 is 10.5 Å². The third-order valence-electron chi connectivity index (χ3n) is 2.56. The van der Waals surface area contributed by atoms with Crippen LogP contribution < -0.4 is 10.5 Å². The number of methoxy groups -OCH3 is 1. The molecule has 0 aliphatic heterocycles. The number of hydrogen-bond donors (Lipinski definition) is 1. The SMILES string of the molecule is COc1c(F)ccc2c1CC[C@@H]2N. The van der Waals surface area contributed by atoms with Crippen LogP contribution in [0.2, 0.25) is 0 Å². The molecule has 1 atom stereocenters. The fraction of sp³-hybridized carbons (Fsp3) is 0.400. The van der Waals surface area contributed by atoms with Gasteiger partial charge in [-0.25, -0.2) is 4.39 Å². The summed E-state index contributed by atoms with van der Waals surface area (Å²) in [6, 6.07) is 3.22. The number of ether oxygens (including phenoxy) is 1. The van der Waals surface area contributed by atoms with Gasteiger partial charge in [-0.05, 0) is 24.5 Å². The molecule has 0 unspecified atom stereocenters. The predicted molar refractivity (Wildman–Crippen MR) is 48.2 cm³/mol. The third kappa shape index (κ3) is 1.20. The van der Waals surface area contributed by atoms with Crippen LogP contribution in [0.4, 0.5) is 4.39 Å². The zero-order chi connectivity index (χ0) is 9.42. The van der Waals surface area contributed by atoms with E-state index in [0.717, 1.165) is 24.0 Å². The summed E-state index contributed by atoms with van der Waals surface area (Å²) in [5.41, 5.74) is 7.81. The van der Waals surface area contributed by atoms with E-state index in [1.165, 1.54) is 13.2 Å². The van der Waals surface area contributed by atoms with Gasteiger partial charge in [0.1, 0.15) is 0 Å². The van der Waals surface area contributed by atoms with Crippen molar-refractivity contribution in [3.05, 3.63) is 29.1 Å². The molecule has 0 spiro atoms. The highest BCUT2D eigenvalue weighted by atomic mass is 19.1. The lowest BCUT2D eigenvalue weighted by Gasteiger charge is -2.09. The molecule has 70 valence electrons. The molecule has 1 aliphatic rings. The Morgan fingerprint density at radius 2 is 2.31 bits per heavy atom. The molecule has 1 aliphatic carbocycles. The van der Waals surface area contributed by atoms with E-state index in [-0.39, 0.29) is 11.9 Å². The van der Waals surface area contributed by atoms with E-state index in [2.05, 4.69) is 0 Å². The Balaban J connectivity index is 2.57. The standard InChI is InChI=1S/C10H12FNO/c1-13-10-7-3-5-9(12)6(7)2-4-8(10)11/h2,4,9H,3,5,12H2,1H3/t9-/m0/s1. The van der Waals surface area contributed by atoms with Crippen LogP contribution in [-0.2, 0) is 6.42 Å². The number of nitrogens with two attached hydrogens (primary N) is 1. The average molecular weight is 181 g/mol. The van der Waals surface area contributed by atoms with Crippen LogP contribution in [0, 0.1) is 5.82 Å². The van der Waals surface area contributed by atoms with E-state index in [9.17, 15) is 4.39 Å². The van der Waals surface area contributed by atoms with Gasteiger partial charge in [-0.2, -0.15) is 0 Å². The van der Waals surface area contributed by atoms with Crippen molar-refractivity contribution >= 4 is 0 Å². The van der Waals surface area contributed by atoms with Crippen LogP contribution in [0.5, 0.6) is 5.75 Å². The van der Waals surface area contributed by atoms with E-state index in [1.807, 2.05) is 0 Å². The Hall–Kier alpha value is -1.09. The van der Waals surface area contributed by atoms with E-state index < -0.39 is 0 Å². The molecule has 0 amide bonds. The minimum atomic E-state index is -0.296. The molecule has 0 heterocycles. The molecule has 0 aromatic heterocycles. The van der Waals surface area contributed by atoms with Crippen molar-refractivity contribution in [1.82, 2.24) is 0 Å². The molecule has 1 aromatic rings. The maximum Gasteiger partial charge on any atom is 0.165 e. The quantitative estimate of drug-likeness (QED) is 0.716. The second-order valence-electron chi connectivity index (χ2n) is 3.29. The van der Waals surface area contributed by atoms with Crippen molar-refractivity contribution in [1.29, 1.82) is 0 Å². The normalized spacial score (nSPS) is 20.1. The third-order valence-corrected chi connectivity index (χ3v) is 2.56. The molecule has 0 bridgehead atoms. The Bertz CT molecular complexity index is 338. The molecule has 2 nitrogen and oxygen atoms in total. The Kier molecular flexibility index (Phi) is 1.96. The smallest absolute Gasteiger partial charge is 0.165 e. The first-order valence-corrected chi connectivity index (χ1v) is 4.35. The summed E-state index contributed by atoms with van der Waals surface area (Å²) < 4.78 is 18.2. The molecule has 1 aromatic carbocycles. The van der Waals surface area contributed by atoms with E-state index in [0.29, 0.717) is 5.75 Å². The fourth-order valence-corrected chi connectivity index (χ4v) is 1.90. The molecule has 2 rings (SSSR count). The topological polar surface area (TPSA) is 35.2 Å². The summed E-state index contributed by atoms with van der Waals surface area (Å²) in [7, 11) is 1.49. The van der Waals surface area contributed by atoms with Crippen LogP contribution in [-0.4, -0.2) is 7.11 Å². The second-order valence-corrected chi connectivity index (χ2v) is 3.29. The van der Waals surface area contributed by atoms with Crippen molar-refractivity contribution in [2.45, 2.75) is 18.9 Å². The van der Waals surface area contributed by atoms with Crippen LogP contribution >= 0.6 is 0 Å². The van der Waals surface area contributed by atoms with Gasteiger partial charge in [0.05, 0.1) is 7.11 Å². The first kappa shape index (κ1) is 8.51. The number of rotatable bonds is 1. The Labute approximate surface area is 76.5 Å². The lowest BCUT2D eigenvalue weighted by Crippen LogP contribution is -2.05. The molecule has 0 radical (unpaired) electrons. The maximum absolute atomic E-state index is 13.2. The number of fused-ring (bicyclic) bond motifs is 1. The van der Waals surface area contributed by atoms with Gasteiger partial charge in [0.2, 0.25) is 0 Å². The highest BCUT2D eigenvalue weighted by molar-refractivity contribution is 5.45. The Morgan fingerprint density at radius 1 is 1.54 bits per heavy atom. The lowest BCUT2D eigenvalue weighted by molar-refractivity contribution is 0.382. The summed E-state index contributed by atoms with van der Waals surface area (Å²) >= 11 is 0. The zero-order valence-corrected chi connectivity index (χ0v) is 7.51. The summed E-state index contributed by atoms with van der Waals surface area (Å²) in [5, 5.41) is 0. The minimum Gasteiger partial charge on any atom is -0.493 e. The molecule has 3 heteroatoms. The van der Waals surface area contributed by atoms with E-state index >= 15 is 0 Å². The van der Waals surface area contributed by atoms with Crippen molar-refractivity contribution in [2.75, 3.05) is 7.11 Å². The lowest BCUT2D eigenvalue weighted by atomic mass is 10.1. The molecule has 2 N–H and O–H groups in total. The highest BCUT2D eigenvalue weighted by Gasteiger charge is 2.24. The summed E-state index contributed by atoms with van der Waals surface area (Å²) in [6.07, 6.45) is 1.70. The molecule has 0 saturated carbocycles. The van der Waals surface area contributed by atoms with Gasteiger partial charge in [-0.15, -0.1) is 0 Å². The molecule has 0 fully saturated rings. The van der Waals surface area contributed by atoms with Gasteiger partial charge in [0.25, 0.3) is 0 Å². The van der Waals surface area contributed by atoms with Gasteiger partial charge >= 0.3 is 0 Å². The van der Waals surface area contributed by atoms with Gasteiger partial charge in [-0.1, -0.05) is 6.07 Å². The Morgan fingerprint density at radius 3 is 3.00 bits per heavy atom. The zero-order valence-electron chi connectivity index (χ0n) is 7.51. The largest absolute Gasteiger partial charge is 0.493 e. The molecule has 13 heavy (non-hydrogen) atoms. The molecule has 0 saturated heterocycles. The number of halogens is 1. The molecular weight excluding hydrogens is 169 g/mol. The van der Waals surface area contributed by atoms with E-state index in [4.69, 9.17) is 10.5 Å². The highest BCUT2D eigenvalue weighted by Crippen LogP contribution is 2.36. The first-order chi connectivity index (χ1) is 6.24. The van der Waals surface area contributed by atoms with Crippen molar-refractivity contribution in [3.8, 4) is 5.75 Å². The average Bonchev–Trinajstić information content (AvgIpc) is 2.48. The van der Waals surface area contributed by atoms with Crippen LogP contribution in [0.25, 0.3) is 0 Å². The monoisotopic (exact) mass is 181 g/mol. The van der Waals surface area contributed by atoms with Crippen molar-refractivity contribution < 1.29 is 9.13 Å². The minimum absolute atomic E-state index is 0.0458. The van der Waals surface area contributed by atoms with Gasteiger partial charge in [-0.3, -0.25) is 0 Å².